The first-order valence-corrected chi connectivity index (χ1v) is 10.3. The Hall–Kier alpha value is -4.08. The Morgan fingerprint density at radius 2 is 1.85 bits per heavy atom. The monoisotopic (exact) mass is 470 g/mol. The molecule has 1 N–H and O–H groups in total. The highest BCUT2D eigenvalue weighted by Crippen LogP contribution is 2.27. The number of benzene rings is 2. The Bertz CT molecular complexity index is 1370. The van der Waals surface area contributed by atoms with Crippen molar-refractivity contribution in [2.75, 3.05) is 12.4 Å². The molecule has 4 rings (SSSR count). The van der Waals surface area contributed by atoms with Crippen LogP contribution in [-0.4, -0.2) is 34.1 Å². The van der Waals surface area contributed by atoms with Crippen LogP contribution in [0.15, 0.2) is 54.6 Å². The Morgan fingerprint density at radius 3 is 2.59 bits per heavy atom. The van der Waals surface area contributed by atoms with E-state index in [-0.39, 0.29) is 18.2 Å². The molecule has 34 heavy (non-hydrogen) atoms. The molecule has 4 aromatic rings. The van der Waals surface area contributed by atoms with Crippen LogP contribution in [0.3, 0.4) is 0 Å². The number of alkyl halides is 3. The van der Waals surface area contributed by atoms with Gasteiger partial charge in [-0.3, -0.25) is 9.48 Å². The van der Waals surface area contributed by atoms with Crippen molar-refractivity contribution in [1.29, 1.82) is 0 Å². The van der Waals surface area contributed by atoms with Crippen LogP contribution in [0.4, 0.5) is 18.9 Å². The lowest BCUT2D eigenvalue weighted by atomic mass is 10.1. The molecule has 0 aliphatic carbocycles. The lowest BCUT2D eigenvalue weighted by molar-refractivity contribution is -0.274. The number of rotatable bonds is 6. The summed E-state index contributed by atoms with van der Waals surface area (Å²) in [6, 6.07) is 14.5. The van der Waals surface area contributed by atoms with Gasteiger partial charge in [0.1, 0.15) is 5.75 Å². The molecule has 0 bridgehead atoms. The van der Waals surface area contributed by atoms with E-state index >= 15 is 0 Å². The fourth-order valence-corrected chi connectivity index (χ4v) is 3.67. The van der Waals surface area contributed by atoms with Gasteiger partial charge in [-0.2, -0.15) is 5.10 Å². The predicted octanol–water partition coefficient (Wildman–Crippen LogP) is 5.26. The molecule has 0 aliphatic heterocycles. The van der Waals surface area contributed by atoms with Crippen LogP contribution < -0.4 is 14.8 Å². The van der Waals surface area contributed by atoms with Crippen LogP contribution in [0, 0.1) is 13.8 Å². The fourth-order valence-electron chi connectivity index (χ4n) is 3.67. The van der Waals surface area contributed by atoms with Gasteiger partial charge in [0, 0.05) is 11.5 Å². The predicted molar refractivity (Wildman–Crippen MR) is 120 cm³/mol. The van der Waals surface area contributed by atoms with E-state index in [0.717, 1.165) is 0 Å². The van der Waals surface area contributed by atoms with Gasteiger partial charge in [0.2, 0.25) is 5.88 Å². The van der Waals surface area contributed by atoms with Crippen LogP contribution >= 0.6 is 0 Å². The molecule has 2 aromatic carbocycles. The number of fused-ring (bicyclic) bond motifs is 1. The minimum Gasteiger partial charge on any atom is -0.481 e. The molecular formula is C24H21F3N4O3. The molecule has 2 aromatic heterocycles. The summed E-state index contributed by atoms with van der Waals surface area (Å²) in [5, 5.41) is 8.03. The smallest absolute Gasteiger partial charge is 0.481 e. The maximum atomic E-state index is 13.2. The number of ether oxygens (including phenoxy) is 2. The van der Waals surface area contributed by atoms with E-state index in [0.29, 0.717) is 45.0 Å². The molecule has 0 saturated heterocycles. The second kappa shape index (κ2) is 9.05. The van der Waals surface area contributed by atoms with Gasteiger partial charge in [-0.15, -0.1) is 13.2 Å². The SMILES string of the molecule is COc1cc(C(=O)Nc2c(C)nn(Cc3cccc(OC(F)(F)F)c3)c2C)c2ccccc2n1. The zero-order chi connectivity index (χ0) is 24.5. The number of halogens is 3. The van der Waals surface area contributed by atoms with Gasteiger partial charge < -0.3 is 14.8 Å². The molecule has 0 radical (unpaired) electrons. The minimum absolute atomic E-state index is 0.198. The number of aryl methyl sites for hydroxylation is 1. The van der Waals surface area contributed by atoms with E-state index < -0.39 is 6.36 Å². The molecular weight excluding hydrogens is 449 g/mol. The first kappa shape index (κ1) is 23.1. The van der Waals surface area contributed by atoms with Crippen molar-refractivity contribution in [2.24, 2.45) is 0 Å². The molecule has 0 unspecified atom stereocenters. The van der Waals surface area contributed by atoms with Crippen LogP contribution in [0.2, 0.25) is 0 Å². The van der Waals surface area contributed by atoms with Crippen molar-refractivity contribution in [1.82, 2.24) is 14.8 Å². The summed E-state index contributed by atoms with van der Waals surface area (Å²) in [6.45, 7) is 3.72. The number of nitrogens with zero attached hydrogens (tertiary/aromatic N) is 3. The molecule has 1 amide bonds. The second-order valence-corrected chi connectivity index (χ2v) is 7.58. The third-order valence-electron chi connectivity index (χ3n) is 5.23. The summed E-state index contributed by atoms with van der Waals surface area (Å²) in [5.74, 6) is -0.351. The number of nitrogens with one attached hydrogen (secondary N) is 1. The number of hydrogen-bond donors (Lipinski definition) is 1. The fraction of sp³-hybridized carbons (Fsp3) is 0.208. The summed E-state index contributed by atoms with van der Waals surface area (Å²) in [7, 11) is 1.48. The zero-order valence-corrected chi connectivity index (χ0v) is 18.6. The Balaban J connectivity index is 1.60. The van der Waals surface area contributed by atoms with E-state index in [4.69, 9.17) is 4.74 Å². The number of carbonyl (C=O) groups is 1. The molecule has 0 saturated carbocycles. The van der Waals surface area contributed by atoms with Crippen molar-refractivity contribution in [3.8, 4) is 11.6 Å². The van der Waals surface area contributed by atoms with Gasteiger partial charge in [-0.1, -0.05) is 30.3 Å². The molecule has 0 atom stereocenters. The Kier molecular flexibility index (Phi) is 6.14. The second-order valence-electron chi connectivity index (χ2n) is 7.58. The number of aromatic nitrogens is 3. The largest absolute Gasteiger partial charge is 0.573 e. The summed E-state index contributed by atoms with van der Waals surface area (Å²) in [4.78, 5) is 17.6. The van der Waals surface area contributed by atoms with Gasteiger partial charge in [-0.05, 0) is 37.6 Å². The average molecular weight is 470 g/mol. The van der Waals surface area contributed by atoms with E-state index in [1.54, 1.807) is 42.8 Å². The quantitative estimate of drug-likeness (QED) is 0.416. The van der Waals surface area contributed by atoms with Crippen molar-refractivity contribution in [2.45, 2.75) is 26.8 Å². The van der Waals surface area contributed by atoms with Gasteiger partial charge >= 0.3 is 6.36 Å². The zero-order valence-electron chi connectivity index (χ0n) is 18.6. The van der Waals surface area contributed by atoms with Gasteiger partial charge in [-0.25, -0.2) is 4.98 Å². The van der Waals surface area contributed by atoms with Crippen LogP contribution in [0.25, 0.3) is 10.9 Å². The van der Waals surface area contributed by atoms with Gasteiger partial charge in [0.05, 0.1) is 41.8 Å². The molecule has 2 heterocycles. The third-order valence-corrected chi connectivity index (χ3v) is 5.23. The van der Waals surface area contributed by atoms with Crippen molar-refractivity contribution >= 4 is 22.5 Å². The molecule has 10 heteroatoms. The highest BCUT2D eigenvalue weighted by Gasteiger charge is 2.31. The van der Waals surface area contributed by atoms with Crippen molar-refractivity contribution in [3.05, 3.63) is 77.1 Å². The van der Waals surface area contributed by atoms with Gasteiger partial charge in [0.25, 0.3) is 5.91 Å². The van der Waals surface area contributed by atoms with E-state index in [9.17, 15) is 18.0 Å². The molecule has 0 spiro atoms. The van der Waals surface area contributed by atoms with E-state index in [1.807, 2.05) is 12.1 Å². The maximum Gasteiger partial charge on any atom is 0.573 e. The van der Waals surface area contributed by atoms with E-state index in [1.165, 1.54) is 25.3 Å². The standard InChI is InChI=1S/C24H21F3N4O3/c1-14-22(29-23(32)19-12-21(33-3)28-20-10-5-4-9-18(19)20)15(2)31(30-14)13-16-7-6-8-17(11-16)34-24(25,26)27/h4-12H,13H2,1-3H3,(H,29,32). The number of anilines is 1. The minimum atomic E-state index is -4.77. The Labute approximate surface area is 193 Å². The summed E-state index contributed by atoms with van der Waals surface area (Å²) >= 11 is 0. The van der Waals surface area contributed by atoms with Gasteiger partial charge in [0.15, 0.2) is 0 Å². The summed E-state index contributed by atoms with van der Waals surface area (Å²) in [6.07, 6.45) is -4.77. The Morgan fingerprint density at radius 1 is 1.09 bits per heavy atom. The first-order valence-electron chi connectivity index (χ1n) is 10.3. The topological polar surface area (TPSA) is 78.3 Å². The number of carbonyl (C=O) groups excluding carboxylic acids is 1. The van der Waals surface area contributed by atoms with Crippen LogP contribution in [0.5, 0.6) is 11.6 Å². The molecule has 7 nitrogen and oxygen atoms in total. The molecule has 0 aliphatic rings. The van der Waals surface area contributed by atoms with Crippen LogP contribution in [-0.2, 0) is 6.54 Å². The first-order chi connectivity index (χ1) is 16.1. The lowest BCUT2D eigenvalue weighted by Gasteiger charge is -2.11. The number of hydrogen-bond acceptors (Lipinski definition) is 5. The number of methoxy groups -OCH3 is 1. The van der Waals surface area contributed by atoms with Crippen LogP contribution in [0.1, 0.15) is 27.3 Å². The summed E-state index contributed by atoms with van der Waals surface area (Å²) < 4.78 is 48.4. The molecule has 0 fully saturated rings. The normalized spacial score (nSPS) is 11.5. The average Bonchev–Trinajstić information content (AvgIpc) is 3.04. The molecule has 176 valence electrons. The number of para-hydroxylation sites is 1. The number of pyridine rings is 1. The number of amides is 1. The van der Waals surface area contributed by atoms with Crippen molar-refractivity contribution in [3.63, 3.8) is 0 Å². The summed E-state index contributed by atoms with van der Waals surface area (Å²) in [5.41, 5.74) is 3.32. The highest BCUT2D eigenvalue weighted by atomic mass is 19.4. The lowest BCUT2D eigenvalue weighted by Crippen LogP contribution is -2.17. The third kappa shape index (κ3) is 4.95. The van der Waals surface area contributed by atoms with E-state index in [2.05, 4.69) is 20.1 Å². The van der Waals surface area contributed by atoms with Crippen molar-refractivity contribution < 1.29 is 27.4 Å². The highest BCUT2D eigenvalue weighted by molar-refractivity contribution is 6.13. The maximum absolute atomic E-state index is 13.2.